The molecule has 3 heterocycles. The number of pyridine rings is 1. The Kier molecular flexibility index (Phi) is 4.87. The van der Waals surface area contributed by atoms with E-state index in [1.165, 1.54) is 0 Å². The van der Waals surface area contributed by atoms with Crippen LogP contribution in [0.5, 0.6) is 11.6 Å². The maximum atomic E-state index is 5.90. The molecule has 5 rings (SSSR count). The average molecular weight is 414 g/mol. The summed E-state index contributed by atoms with van der Waals surface area (Å²) in [6.45, 7) is 2.88. The number of ether oxygens (including phenoxy) is 2. The van der Waals surface area contributed by atoms with E-state index in [0.717, 1.165) is 38.9 Å². The predicted octanol–water partition coefficient (Wildman–Crippen LogP) is 4.35. The number of aromatic amines is 1. The van der Waals surface area contributed by atoms with Crippen LogP contribution >= 0.6 is 0 Å². The molecule has 5 aromatic rings. The van der Waals surface area contributed by atoms with Gasteiger partial charge in [-0.2, -0.15) is 5.10 Å². The van der Waals surface area contributed by atoms with Crippen LogP contribution in [0.25, 0.3) is 21.9 Å². The van der Waals surface area contributed by atoms with Gasteiger partial charge in [0.1, 0.15) is 24.5 Å². The molecule has 8 nitrogen and oxygen atoms in total. The minimum absolute atomic E-state index is 0.408. The average Bonchev–Trinajstić information content (AvgIpc) is 3.33. The fraction of sp³-hybridized carbons (Fsp3) is 0.174. The highest BCUT2D eigenvalue weighted by Gasteiger charge is 2.12. The second-order valence-electron chi connectivity index (χ2n) is 7.22. The molecule has 156 valence electrons. The highest BCUT2D eigenvalue weighted by molar-refractivity contribution is 5.91. The standard InChI is InChI=1S/C23H22N6O2/c1-15-6-3-4-8-20(15)30-12-13-31-23-17-10-9-16(14-19(17)29(2)28-23)25-22-21-18(26-27-22)7-5-11-24-21/h3-11,14H,12-13H2,1-2H3,(H2,25,26,27). The van der Waals surface area contributed by atoms with Crippen molar-refractivity contribution in [2.45, 2.75) is 6.92 Å². The Bertz CT molecular complexity index is 1360. The number of aromatic nitrogens is 5. The summed E-state index contributed by atoms with van der Waals surface area (Å²) in [6, 6.07) is 17.7. The minimum atomic E-state index is 0.408. The number of nitrogens with one attached hydrogen (secondary N) is 2. The van der Waals surface area contributed by atoms with Crippen molar-refractivity contribution in [1.82, 2.24) is 25.0 Å². The molecule has 31 heavy (non-hydrogen) atoms. The first-order valence-electron chi connectivity index (χ1n) is 10.0. The van der Waals surface area contributed by atoms with Crippen LogP contribution in [0.15, 0.2) is 60.8 Å². The molecule has 0 aliphatic carbocycles. The van der Waals surface area contributed by atoms with Gasteiger partial charge in [-0.3, -0.25) is 14.8 Å². The van der Waals surface area contributed by atoms with Crippen LogP contribution in [-0.2, 0) is 7.05 Å². The van der Waals surface area contributed by atoms with E-state index in [2.05, 4.69) is 25.6 Å². The van der Waals surface area contributed by atoms with E-state index in [9.17, 15) is 0 Å². The zero-order valence-electron chi connectivity index (χ0n) is 17.3. The van der Waals surface area contributed by atoms with Crippen molar-refractivity contribution in [3.63, 3.8) is 0 Å². The van der Waals surface area contributed by atoms with Gasteiger partial charge in [0.05, 0.1) is 16.4 Å². The number of hydrogen-bond donors (Lipinski definition) is 2. The molecule has 2 aromatic carbocycles. The van der Waals surface area contributed by atoms with Crippen molar-refractivity contribution in [1.29, 1.82) is 0 Å². The monoisotopic (exact) mass is 414 g/mol. The first kappa shape index (κ1) is 18.9. The lowest BCUT2D eigenvalue weighted by molar-refractivity contribution is 0.211. The second kappa shape index (κ2) is 7.98. The van der Waals surface area contributed by atoms with E-state index in [1.807, 2.05) is 68.6 Å². The van der Waals surface area contributed by atoms with E-state index in [0.29, 0.717) is 24.9 Å². The first-order chi connectivity index (χ1) is 15.2. The molecule has 0 saturated carbocycles. The highest BCUT2D eigenvalue weighted by atomic mass is 16.5. The fourth-order valence-electron chi connectivity index (χ4n) is 3.49. The highest BCUT2D eigenvalue weighted by Crippen LogP contribution is 2.29. The Morgan fingerprint density at radius 2 is 1.90 bits per heavy atom. The maximum absolute atomic E-state index is 5.90. The van der Waals surface area contributed by atoms with Crippen molar-refractivity contribution >= 4 is 33.4 Å². The second-order valence-corrected chi connectivity index (χ2v) is 7.22. The van der Waals surface area contributed by atoms with E-state index in [-0.39, 0.29) is 0 Å². The number of H-pyrrole nitrogens is 1. The number of aryl methyl sites for hydroxylation is 2. The molecule has 0 atom stereocenters. The van der Waals surface area contributed by atoms with Gasteiger partial charge in [-0.1, -0.05) is 18.2 Å². The molecule has 3 aromatic heterocycles. The van der Waals surface area contributed by atoms with Gasteiger partial charge in [0, 0.05) is 18.9 Å². The Morgan fingerprint density at radius 1 is 1.03 bits per heavy atom. The number of fused-ring (bicyclic) bond motifs is 2. The minimum Gasteiger partial charge on any atom is -0.490 e. The summed E-state index contributed by atoms with van der Waals surface area (Å²) in [7, 11) is 1.90. The molecular formula is C23H22N6O2. The molecule has 0 bridgehead atoms. The van der Waals surface area contributed by atoms with Crippen LogP contribution in [0.4, 0.5) is 11.5 Å². The first-order valence-corrected chi connectivity index (χ1v) is 10.0. The van der Waals surface area contributed by atoms with Gasteiger partial charge in [-0.25, -0.2) is 0 Å². The molecule has 0 aliphatic rings. The van der Waals surface area contributed by atoms with Crippen LogP contribution in [0, 0.1) is 6.92 Å². The van der Waals surface area contributed by atoms with Crippen molar-refractivity contribution < 1.29 is 9.47 Å². The van der Waals surface area contributed by atoms with Crippen LogP contribution in [0.3, 0.4) is 0 Å². The summed E-state index contributed by atoms with van der Waals surface area (Å²) in [5.41, 5.74) is 4.63. The number of benzene rings is 2. The largest absolute Gasteiger partial charge is 0.490 e. The number of para-hydroxylation sites is 1. The van der Waals surface area contributed by atoms with Gasteiger partial charge in [0.15, 0.2) is 5.82 Å². The molecule has 8 heteroatoms. The topological polar surface area (TPSA) is 89.9 Å². The molecule has 0 unspecified atom stereocenters. The van der Waals surface area contributed by atoms with Crippen LogP contribution in [0.1, 0.15) is 5.56 Å². The lowest BCUT2D eigenvalue weighted by Crippen LogP contribution is -2.10. The molecule has 0 spiro atoms. The zero-order chi connectivity index (χ0) is 21.2. The van der Waals surface area contributed by atoms with Gasteiger partial charge in [0.2, 0.25) is 5.88 Å². The SMILES string of the molecule is Cc1ccccc1OCCOc1nn(C)c2cc(Nc3n[nH]c4cccnc34)ccc12. The molecule has 0 saturated heterocycles. The van der Waals surface area contributed by atoms with Gasteiger partial charge in [0.25, 0.3) is 0 Å². The Hall–Kier alpha value is -4.07. The molecule has 0 amide bonds. The maximum Gasteiger partial charge on any atom is 0.240 e. The molecule has 0 fully saturated rings. The smallest absolute Gasteiger partial charge is 0.240 e. The van der Waals surface area contributed by atoms with Gasteiger partial charge >= 0.3 is 0 Å². The molecule has 0 aliphatic heterocycles. The lowest BCUT2D eigenvalue weighted by atomic mass is 10.2. The Balaban J connectivity index is 1.29. The van der Waals surface area contributed by atoms with Crippen LogP contribution < -0.4 is 14.8 Å². The summed E-state index contributed by atoms with van der Waals surface area (Å²) in [5.74, 6) is 2.14. The van der Waals surface area contributed by atoms with Crippen molar-refractivity contribution in [3.05, 3.63) is 66.4 Å². The normalized spacial score (nSPS) is 11.2. The quantitative estimate of drug-likeness (QED) is 0.385. The summed E-state index contributed by atoms with van der Waals surface area (Å²) in [6.07, 6.45) is 1.75. The third kappa shape index (κ3) is 3.75. The molecule has 0 radical (unpaired) electrons. The third-order valence-electron chi connectivity index (χ3n) is 5.07. The number of rotatable bonds is 7. The lowest BCUT2D eigenvalue weighted by Gasteiger charge is -2.09. The van der Waals surface area contributed by atoms with E-state index in [1.54, 1.807) is 10.9 Å². The number of hydrogen-bond acceptors (Lipinski definition) is 6. The van der Waals surface area contributed by atoms with Crippen LogP contribution in [0.2, 0.25) is 0 Å². The zero-order valence-corrected chi connectivity index (χ0v) is 17.3. The summed E-state index contributed by atoms with van der Waals surface area (Å²) < 4.78 is 13.5. The van der Waals surface area contributed by atoms with Gasteiger partial charge in [-0.05, 0) is 48.9 Å². The Morgan fingerprint density at radius 3 is 2.81 bits per heavy atom. The van der Waals surface area contributed by atoms with E-state index < -0.39 is 0 Å². The van der Waals surface area contributed by atoms with Crippen LogP contribution in [-0.4, -0.2) is 38.2 Å². The third-order valence-corrected chi connectivity index (χ3v) is 5.07. The molecular weight excluding hydrogens is 392 g/mol. The Labute approximate surface area is 178 Å². The predicted molar refractivity (Wildman–Crippen MR) is 120 cm³/mol. The summed E-state index contributed by atoms with van der Waals surface area (Å²) >= 11 is 0. The number of nitrogens with zero attached hydrogens (tertiary/aromatic N) is 4. The van der Waals surface area contributed by atoms with Gasteiger partial charge < -0.3 is 14.8 Å². The van der Waals surface area contributed by atoms with E-state index in [4.69, 9.17) is 9.47 Å². The summed E-state index contributed by atoms with van der Waals surface area (Å²) in [5, 5.41) is 16.1. The van der Waals surface area contributed by atoms with Gasteiger partial charge in [-0.15, -0.1) is 5.10 Å². The number of anilines is 2. The van der Waals surface area contributed by atoms with E-state index >= 15 is 0 Å². The fourth-order valence-corrected chi connectivity index (χ4v) is 3.49. The van der Waals surface area contributed by atoms with Crippen molar-refractivity contribution in [2.24, 2.45) is 7.05 Å². The van der Waals surface area contributed by atoms with Crippen molar-refractivity contribution in [3.8, 4) is 11.6 Å². The van der Waals surface area contributed by atoms with Crippen molar-refractivity contribution in [2.75, 3.05) is 18.5 Å². The summed E-state index contributed by atoms with van der Waals surface area (Å²) in [4.78, 5) is 4.38. The molecule has 2 N–H and O–H groups in total.